The molecule has 2 nitrogen and oxygen atoms in total. The second-order valence-corrected chi connectivity index (χ2v) is 0.980. The quantitative estimate of drug-likeness (QED) is 0.256. The van der Waals surface area contributed by atoms with Crippen molar-refractivity contribution in [2.75, 3.05) is 0 Å². The monoisotopic (exact) mass is 93.0 g/mol. The molecule has 0 N–H and O–H groups in total. The number of hydrogen-bond acceptors (Lipinski definition) is 1. The first-order valence-corrected chi connectivity index (χ1v) is 1.70. The molecule has 0 saturated carbocycles. The van der Waals surface area contributed by atoms with E-state index in [4.69, 9.17) is 4.78 Å². The molecule has 0 aromatic carbocycles. The number of rotatable bonds is 1. The van der Waals surface area contributed by atoms with Crippen LogP contribution in [0, 0.1) is 0 Å². The van der Waals surface area contributed by atoms with Crippen LogP contribution in [0.25, 0.3) is 0 Å². The minimum Gasteiger partial charge on any atom is -0.00688 e. The average Bonchev–Trinajstić information content (AvgIpc) is 1.37. The van der Waals surface area contributed by atoms with Gasteiger partial charge in [-0.3, -0.25) is 0 Å². The highest BCUT2D eigenvalue weighted by Gasteiger charge is 1.78. The van der Waals surface area contributed by atoms with Gasteiger partial charge in [0.2, 0.25) is 4.78 Å². The van der Waals surface area contributed by atoms with Crippen molar-refractivity contribution in [3.8, 4) is 0 Å². The van der Waals surface area contributed by atoms with Crippen molar-refractivity contribution < 1.29 is 0 Å². The summed E-state index contributed by atoms with van der Waals surface area (Å²) in [5, 5.41) is 0. The summed E-state index contributed by atoms with van der Waals surface area (Å²) in [7, 11) is 0. The molecule has 4 heavy (non-hydrogen) atoms. The minimum atomic E-state index is 0.346. The molecule has 2 radical (unpaired) electrons. The van der Waals surface area contributed by atoms with Crippen molar-refractivity contribution in [2.24, 2.45) is 0 Å². The third kappa shape index (κ3) is 2.33. The van der Waals surface area contributed by atoms with Crippen molar-refractivity contribution >= 4 is 24.6 Å². The Bertz CT molecular complexity index is 18.0. The summed E-state index contributed by atoms with van der Waals surface area (Å²) in [6.07, 6.45) is 0. The van der Waals surface area contributed by atoms with E-state index in [1.54, 1.807) is 0 Å². The molecule has 0 aromatic rings. The van der Waals surface area contributed by atoms with Gasteiger partial charge < -0.3 is 0 Å². The molecule has 0 rings (SSSR count). The van der Waals surface area contributed by atoms with Crippen LogP contribution >= 0.6 is 12.8 Å². The third-order valence-corrected chi connectivity index (χ3v) is 0.329. The van der Waals surface area contributed by atoms with Gasteiger partial charge >= 0.3 is 11.7 Å². The van der Waals surface area contributed by atoms with E-state index < -0.39 is 0 Å². The molecule has 4 heteroatoms. The van der Waals surface area contributed by atoms with Gasteiger partial charge in [0.15, 0.2) is 4.13 Å². The Balaban J connectivity index is 2.30. The first-order valence-electron chi connectivity index (χ1n) is 0.565. The topological polar surface area (TPSA) is 36.4 Å². The predicted molar refractivity (Wildman–Crippen MR) is 20.6 cm³/mol. The largest absolute Gasteiger partial charge is 0.506 e. The molecule has 0 amide bonds. The van der Waals surface area contributed by atoms with Crippen LogP contribution in [0.1, 0.15) is 0 Å². The molecule has 0 aliphatic heterocycles. The SMILES string of the molecule is [N]=[S+][N]S. The Morgan fingerprint density at radius 2 is 2.25 bits per heavy atom. The lowest BCUT2D eigenvalue weighted by Gasteiger charge is -1.29. The van der Waals surface area contributed by atoms with Crippen LogP contribution in [0.3, 0.4) is 0 Å². The van der Waals surface area contributed by atoms with E-state index in [0.29, 0.717) is 11.7 Å². The second kappa shape index (κ2) is 3.33. The lowest BCUT2D eigenvalue weighted by molar-refractivity contribution is 1.74. The van der Waals surface area contributed by atoms with Crippen LogP contribution in [-0.2, 0) is 11.7 Å². The summed E-state index contributed by atoms with van der Waals surface area (Å²) >= 11 is 3.60. The summed E-state index contributed by atoms with van der Waals surface area (Å²) in [6.45, 7) is 0. The summed E-state index contributed by atoms with van der Waals surface area (Å²) in [4.78, 5) is 0. The fourth-order valence-corrected chi connectivity index (χ4v) is 0. The Morgan fingerprint density at radius 1 is 2.00 bits per heavy atom. The highest BCUT2D eigenvalue weighted by atomic mass is 32.2. The smallest absolute Gasteiger partial charge is 0.00688 e. The molecule has 0 heterocycles. The third-order valence-electron chi connectivity index (χ3n) is 0.0365. The number of thiol groups is 1. The lowest BCUT2D eigenvalue weighted by Crippen LogP contribution is -1.69. The minimum absolute atomic E-state index is 0.346. The van der Waals surface area contributed by atoms with E-state index in [9.17, 15) is 0 Å². The van der Waals surface area contributed by atoms with Crippen LogP contribution in [0.15, 0.2) is 0 Å². The molecule has 0 atom stereocenters. The molecule has 0 fully saturated rings. The summed E-state index contributed by atoms with van der Waals surface area (Å²) in [5.41, 5.74) is 0. The Morgan fingerprint density at radius 3 is 2.25 bits per heavy atom. The zero-order valence-electron chi connectivity index (χ0n) is 1.75. The Kier molecular flexibility index (Phi) is 3.60. The Hall–Kier alpha value is 0.330. The van der Waals surface area contributed by atoms with Gasteiger partial charge in [0.1, 0.15) is 0 Å². The van der Waals surface area contributed by atoms with Crippen molar-refractivity contribution in [1.29, 1.82) is 0 Å². The standard InChI is InChI=1S/HN2S2/c1-4-2-3/h3H/q+1. The summed E-state index contributed by atoms with van der Waals surface area (Å²) < 4.78 is 10.5. The van der Waals surface area contributed by atoms with E-state index in [0.717, 1.165) is 0 Å². The normalized spacial score (nSPS) is 6.25. The Labute approximate surface area is 34.2 Å². The molecular weight excluding hydrogens is 92.1 g/mol. The van der Waals surface area contributed by atoms with Crippen molar-refractivity contribution in [3.05, 3.63) is 0 Å². The van der Waals surface area contributed by atoms with E-state index in [1.165, 1.54) is 0 Å². The van der Waals surface area contributed by atoms with E-state index in [1.807, 2.05) is 0 Å². The van der Waals surface area contributed by atoms with E-state index in [-0.39, 0.29) is 0 Å². The highest BCUT2D eigenvalue weighted by molar-refractivity contribution is 7.88. The van der Waals surface area contributed by atoms with Gasteiger partial charge in [0.05, 0.1) is 0 Å². The van der Waals surface area contributed by atoms with Gasteiger partial charge in [-0.05, 0) is 12.8 Å². The molecule has 0 aliphatic rings. The lowest BCUT2D eigenvalue weighted by atomic mass is 13.9. The molecule has 0 spiro atoms. The molecule has 0 saturated heterocycles. The number of hydrogen-bond donors (Lipinski definition) is 1. The molecule has 0 aromatic heterocycles. The molecule has 22 valence electrons. The zero-order valence-corrected chi connectivity index (χ0v) is 3.46. The van der Waals surface area contributed by atoms with Gasteiger partial charge in [0.25, 0.3) is 0 Å². The van der Waals surface area contributed by atoms with Gasteiger partial charge in [-0.2, -0.15) is 0 Å². The fraction of sp³-hybridized carbons (Fsp3) is 0. The highest BCUT2D eigenvalue weighted by Crippen LogP contribution is 1.50. The summed E-state index contributed by atoms with van der Waals surface area (Å²) in [6, 6.07) is 0. The van der Waals surface area contributed by atoms with Gasteiger partial charge in [-0.1, -0.05) is 0 Å². The van der Waals surface area contributed by atoms with E-state index in [2.05, 4.69) is 16.9 Å². The maximum absolute atomic E-state index is 7.55. The van der Waals surface area contributed by atoms with Crippen LogP contribution in [-0.4, -0.2) is 0 Å². The van der Waals surface area contributed by atoms with Gasteiger partial charge in [0, 0.05) is 0 Å². The number of nitrogens with zero attached hydrogens (tertiary/aromatic N) is 2. The predicted octanol–water partition coefficient (Wildman–Crippen LogP) is -0.583. The van der Waals surface area contributed by atoms with Gasteiger partial charge in [-0.25, -0.2) is 0 Å². The molecule has 0 unspecified atom stereocenters. The van der Waals surface area contributed by atoms with Crippen molar-refractivity contribution in [2.45, 2.75) is 0 Å². The molecule has 0 bridgehead atoms. The zero-order chi connectivity index (χ0) is 3.41. The maximum atomic E-state index is 7.55. The average molecular weight is 93.2 g/mol. The van der Waals surface area contributed by atoms with Crippen LogP contribution < -0.4 is 8.91 Å². The van der Waals surface area contributed by atoms with Crippen LogP contribution in [0.5, 0.6) is 0 Å². The first-order chi connectivity index (χ1) is 1.91. The van der Waals surface area contributed by atoms with Crippen LogP contribution in [0.2, 0.25) is 0 Å². The fourth-order valence-electron chi connectivity index (χ4n) is 0. The molecule has 0 aliphatic carbocycles. The van der Waals surface area contributed by atoms with Crippen LogP contribution in [0.4, 0.5) is 0 Å². The molecular formula is HN2S2+. The van der Waals surface area contributed by atoms with Crippen molar-refractivity contribution in [3.63, 3.8) is 0 Å². The van der Waals surface area contributed by atoms with E-state index >= 15 is 0 Å². The maximum Gasteiger partial charge on any atom is 0.506 e. The van der Waals surface area contributed by atoms with Gasteiger partial charge in [-0.15, -0.1) is 0 Å². The second-order valence-electron chi connectivity index (χ2n) is 0.163. The first kappa shape index (κ1) is 4.33. The summed E-state index contributed by atoms with van der Waals surface area (Å²) in [5.74, 6) is 0. The van der Waals surface area contributed by atoms with Crippen molar-refractivity contribution in [1.82, 2.24) is 8.91 Å².